The molecule has 0 fully saturated rings. The first kappa shape index (κ1) is 21.1. The fraction of sp³-hybridized carbons (Fsp3) is 0.308. The lowest BCUT2D eigenvalue weighted by molar-refractivity contribution is 0.0495. The number of rotatable bonds is 10. The monoisotopic (exact) mass is 390 g/mol. The molecule has 0 spiro atoms. The smallest absolute Gasteiger partial charge is 0.119 e. The van der Waals surface area contributed by atoms with Crippen LogP contribution in [0.4, 0.5) is 0 Å². The van der Waals surface area contributed by atoms with Gasteiger partial charge in [0.15, 0.2) is 0 Å². The van der Waals surface area contributed by atoms with Gasteiger partial charge in [-0.05, 0) is 48.6 Å². The molecule has 0 heterocycles. The molecule has 152 valence electrons. The molecule has 1 N–H and O–H groups in total. The van der Waals surface area contributed by atoms with E-state index in [9.17, 15) is 5.11 Å². The van der Waals surface area contributed by atoms with Gasteiger partial charge in [-0.1, -0.05) is 72.8 Å². The Morgan fingerprint density at radius 2 is 1.17 bits per heavy atom. The molecule has 0 saturated carbocycles. The molecule has 0 aliphatic carbocycles. The molecule has 0 aliphatic rings. The summed E-state index contributed by atoms with van der Waals surface area (Å²) in [6, 6.07) is 26.1. The molecule has 3 rings (SSSR count). The van der Waals surface area contributed by atoms with E-state index < -0.39 is 0 Å². The standard InChI is InChI=1S/C26H30O3/c1-20(28-18-22-10-5-3-6-11-22)16-24-14-9-15-26(27)25(24)17-21(2)29-19-23-12-7-4-8-13-23/h3-15,20-21,27H,16-19H2,1-2H3. The van der Waals surface area contributed by atoms with Gasteiger partial charge in [-0.2, -0.15) is 0 Å². The summed E-state index contributed by atoms with van der Waals surface area (Å²) in [6.07, 6.45) is 1.47. The van der Waals surface area contributed by atoms with Crippen molar-refractivity contribution in [2.75, 3.05) is 0 Å². The molecule has 29 heavy (non-hydrogen) atoms. The summed E-state index contributed by atoms with van der Waals surface area (Å²) < 4.78 is 12.0. The molecule has 2 atom stereocenters. The van der Waals surface area contributed by atoms with Crippen molar-refractivity contribution in [1.82, 2.24) is 0 Å². The third-order valence-corrected chi connectivity index (χ3v) is 5.00. The first-order valence-electron chi connectivity index (χ1n) is 10.2. The lowest BCUT2D eigenvalue weighted by Crippen LogP contribution is -2.16. The highest BCUT2D eigenvalue weighted by atomic mass is 16.5. The van der Waals surface area contributed by atoms with Crippen LogP contribution in [0.1, 0.15) is 36.1 Å². The summed E-state index contributed by atoms with van der Waals surface area (Å²) in [5.41, 5.74) is 4.38. The van der Waals surface area contributed by atoms with Crippen molar-refractivity contribution in [2.45, 2.75) is 52.1 Å². The van der Waals surface area contributed by atoms with Crippen molar-refractivity contribution < 1.29 is 14.6 Å². The lowest BCUT2D eigenvalue weighted by atomic mass is 9.97. The molecule has 0 aromatic heterocycles. The Hall–Kier alpha value is -2.62. The average molecular weight is 391 g/mol. The van der Waals surface area contributed by atoms with Gasteiger partial charge in [-0.3, -0.25) is 0 Å². The summed E-state index contributed by atoms with van der Waals surface area (Å²) in [5, 5.41) is 10.4. The van der Waals surface area contributed by atoms with Crippen molar-refractivity contribution in [3.8, 4) is 5.75 Å². The summed E-state index contributed by atoms with van der Waals surface area (Å²) in [4.78, 5) is 0. The maximum atomic E-state index is 10.4. The van der Waals surface area contributed by atoms with E-state index >= 15 is 0 Å². The molecular weight excluding hydrogens is 360 g/mol. The molecule has 0 aliphatic heterocycles. The Kier molecular flexibility index (Phi) is 7.85. The number of phenolic OH excluding ortho intramolecular Hbond substituents is 1. The topological polar surface area (TPSA) is 38.7 Å². The average Bonchev–Trinajstić information content (AvgIpc) is 2.75. The number of hydrogen-bond donors (Lipinski definition) is 1. The van der Waals surface area contributed by atoms with Crippen LogP contribution in [0, 0.1) is 0 Å². The second-order valence-electron chi connectivity index (χ2n) is 7.54. The van der Waals surface area contributed by atoms with E-state index in [1.165, 1.54) is 5.56 Å². The van der Waals surface area contributed by atoms with Gasteiger partial charge in [0, 0.05) is 6.42 Å². The van der Waals surface area contributed by atoms with Crippen LogP contribution in [-0.2, 0) is 35.5 Å². The van der Waals surface area contributed by atoms with Crippen molar-refractivity contribution in [1.29, 1.82) is 0 Å². The first-order chi connectivity index (χ1) is 14.1. The number of hydrogen-bond acceptors (Lipinski definition) is 3. The van der Waals surface area contributed by atoms with Gasteiger partial charge in [0.05, 0.1) is 25.4 Å². The van der Waals surface area contributed by atoms with Crippen LogP contribution >= 0.6 is 0 Å². The van der Waals surface area contributed by atoms with Crippen molar-refractivity contribution in [2.24, 2.45) is 0 Å². The number of benzene rings is 3. The quantitative estimate of drug-likeness (QED) is 0.483. The second-order valence-corrected chi connectivity index (χ2v) is 7.54. The van der Waals surface area contributed by atoms with Crippen LogP contribution in [0.3, 0.4) is 0 Å². The molecule has 2 unspecified atom stereocenters. The predicted octanol–water partition coefficient (Wildman–Crippen LogP) is 5.69. The minimum Gasteiger partial charge on any atom is -0.508 e. The molecule has 0 radical (unpaired) electrons. The Morgan fingerprint density at radius 1 is 0.655 bits per heavy atom. The fourth-order valence-electron chi connectivity index (χ4n) is 3.39. The number of phenols is 1. The second kappa shape index (κ2) is 10.8. The summed E-state index contributed by atoms with van der Waals surface area (Å²) in [7, 11) is 0. The zero-order chi connectivity index (χ0) is 20.5. The summed E-state index contributed by atoms with van der Waals surface area (Å²) in [5.74, 6) is 0.327. The normalized spacial score (nSPS) is 13.2. The van der Waals surface area contributed by atoms with Crippen LogP contribution in [-0.4, -0.2) is 17.3 Å². The summed E-state index contributed by atoms with van der Waals surface area (Å²) >= 11 is 0. The Morgan fingerprint density at radius 3 is 1.72 bits per heavy atom. The van der Waals surface area contributed by atoms with Crippen LogP contribution in [0.2, 0.25) is 0 Å². The van der Waals surface area contributed by atoms with E-state index in [1.54, 1.807) is 6.07 Å². The van der Waals surface area contributed by atoms with Gasteiger partial charge in [-0.15, -0.1) is 0 Å². The minimum atomic E-state index is 0.00259. The third kappa shape index (κ3) is 6.74. The van der Waals surface area contributed by atoms with Gasteiger partial charge in [0.25, 0.3) is 0 Å². The number of aromatic hydroxyl groups is 1. The third-order valence-electron chi connectivity index (χ3n) is 5.00. The zero-order valence-electron chi connectivity index (χ0n) is 17.3. The minimum absolute atomic E-state index is 0.00259. The molecule has 3 nitrogen and oxygen atoms in total. The predicted molar refractivity (Wildman–Crippen MR) is 117 cm³/mol. The van der Waals surface area contributed by atoms with E-state index in [4.69, 9.17) is 9.47 Å². The first-order valence-corrected chi connectivity index (χ1v) is 10.2. The van der Waals surface area contributed by atoms with E-state index in [0.29, 0.717) is 25.4 Å². The van der Waals surface area contributed by atoms with Gasteiger partial charge in [0.2, 0.25) is 0 Å². The van der Waals surface area contributed by atoms with E-state index in [-0.39, 0.29) is 12.2 Å². The Bertz CT molecular complexity index is 862. The molecule has 3 aromatic rings. The fourth-order valence-corrected chi connectivity index (χ4v) is 3.39. The van der Waals surface area contributed by atoms with Crippen LogP contribution in [0.15, 0.2) is 78.9 Å². The molecule has 0 saturated heterocycles. The van der Waals surface area contributed by atoms with Gasteiger partial charge in [0.1, 0.15) is 5.75 Å². The molecule has 0 bridgehead atoms. The molecule has 0 amide bonds. The molecule has 3 heteroatoms. The van der Waals surface area contributed by atoms with Gasteiger partial charge < -0.3 is 14.6 Å². The van der Waals surface area contributed by atoms with E-state index in [2.05, 4.69) is 44.2 Å². The Labute approximate surface area is 173 Å². The molecule has 3 aromatic carbocycles. The van der Waals surface area contributed by atoms with Crippen molar-refractivity contribution in [3.05, 3.63) is 101 Å². The maximum absolute atomic E-state index is 10.4. The highest BCUT2D eigenvalue weighted by molar-refractivity contribution is 5.40. The Balaban J connectivity index is 1.57. The van der Waals surface area contributed by atoms with E-state index in [1.807, 2.05) is 42.5 Å². The SMILES string of the molecule is CC(Cc1cccc(O)c1CC(C)OCc1ccccc1)OCc1ccccc1. The van der Waals surface area contributed by atoms with Crippen LogP contribution in [0.5, 0.6) is 5.75 Å². The summed E-state index contributed by atoms with van der Waals surface area (Å²) in [6.45, 7) is 5.29. The maximum Gasteiger partial charge on any atom is 0.119 e. The zero-order valence-corrected chi connectivity index (χ0v) is 17.3. The highest BCUT2D eigenvalue weighted by Crippen LogP contribution is 2.25. The van der Waals surface area contributed by atoms with Crippen molar-refractivity contribution in [3.63, 3.8) is 0 Å². The number of ether oxygens (including phenoxy) is 2. The lowest BCUT2D eigenvalue weighted by Gasteiger charge is -2.19. The van der Waals surface area contributed by atoms with Gasteiger partial charge in [-0.25, -0.2) is 0 Å². The van der Waals surface area contributed by atoms with Crippen molar-refractivity contribution >= 4 is 0 Å². The van der Waals surface area contributed by atoms with Gasteiger partial charge >= 0.3 is 0 Å². The highest BCUT2D eigenvalue weighted by Gasteiger charge is 2.15. The van der Waals surface area contributed by atoms with E-state index in [0.717, 1.165) is 23.1 Å². The van der Waals surface area contributed by atoms with Crippen LogP contribution < -0.4 is 0 Å². The largest absolute Gasteiger partial charge is 0.508 e. The van der Waals surface area contributed by atoms with Crippen LogP contribution in [0.25, 0.3) is 0 Å². The molecular formula is C26H30O3.